The molecule has 21 heavy (non-hydrogen) atoms. The smallest absolute Gasteiger partial charge is 0.234 e. The number of nitrogens with one attached hydrogen (secondary N) is 1. The van der Waals surface area contributed by atoms with Crippen LogP contribution in [0.25, 0.3) is 0 Å². The normalized spacial score (nSPS) is 10.4. The Hall–Kier alpha value is -1.66. The Morgan fingerprint density at radius 1 is 1.24 bits per heavy atom. The summed E-state index contributed by atoms with van der Waals surface area (Å²) in [5.74, 6) is -0.279. The largest absolute Gasteiger partial charge is 0.398 e. The third-order valence-electron chi connectivity index (χ3n) is 2.71. The fraction of sp³-hybridized carbons (Fsp3) is 0.133. The van der Waals surface area contributed by atoms with Crippen molar-refractivity contribution in [2.75, 3.05) is 23.1 Å². The second-order valence-electron chi connectivity index (χ2n) is 4.22. The van der Waals surface area contributed by atoms with E-state index in [0.29, 0.717) is 10.6 Å². The van der Waals surface area contributed by atoms with Crippen LogP contribution in [0.2, 0.25) is 0 Å². The summed E-state index contributed by atoms with van der Waals surface area (Å²) >= 11 is 2.86. The zero-order valence-corrected chi connectivity index (χ0v) is 13.1. The van der Waals surface area contributed by atoms with Crippen molar-refractivity contribution in [1.82, 2.24) is 0 Å². The van der Waals surface area contributed by atoms with Gasteiger partial charge in [0.2, 0.25) is 5.91 Å². The van der Waals surface area contributed by atoms with Crippen LogP contribution in [0.1, 0.15) is 0 Å². The Kier molecular flexibility index (Phi) is 5.52. The van der Waals surface area contributed by atoms with Crippen LogP contribution < -0.4 is 11.1 Å². The molecule has 0 aromatic heterocycles. The Labute approximate surface area is 131 Å². The van der Waals surface area contributed by atoms with Crippen LogP contribution >= 0.6 is 23.5 Å². The second kappa shape index (κ2) is 7.38. The molecule has 2 aromatic rings. The van der Waals surface area contributed by atoms with E-state index >= 15 is 0 Å². The van der Waals surface area contributed by atoms with Crippen molar-refractivity contribution in [3.05, 3.63) is 48.3 Å². The van der Waals surface area contributed by atoms with Gasteiger partial charge in [-0.1, -0.05) is 12.1 Å². The van der Waals surface area contributed by atoms with E-state index in [1.807, 2.05) is 30.5 Å². The first-order chi connectivity index (χ1) is 10.1. The van der Waals surface area contributed by atoms with Gasteiger partial charge in [0.15, 0.2) is 0 Å². The van der Waals surface area contributed by atoms with Crippen molar-refractivity contribution >= 4 is 40.8 Å². The van der Waals surface area contributed by atoms with E-state index in [1.165, 1.54) is 23.9 Å². The number of nitrogen functional groups attached to an aromatic ring is 1. The zero-order chi connectivity index (χ0) is 15.2. The van der Waals surface area contributed by atoms with Crippen molar-refractivity contribution in [3.8, 4) is 0 Å². The van der Waals surface area contributed by atoms with Crippen molar-refractivity contribution in [2.45, 2.75) is 9.79 Å². The average molecular weight is 322 g/mol. The van der Waals surface area contributed by atoms with Crippen LogP contribution in [0.15, 0.2) is 52.3 Å². The minimum Gasteiger partial charge on any atom is -0.398 e. The number of rotatable bonds is 5. The molecular weight excluding hydrogens is 307 g/mol. The maximum absolute atomic E-state index is 12.9. The summed E-state index contributed by atoms with van der Waals surface area (Å²) in [5, 5.41) is 2.87. The number of nitrogens with two attached hydrogens (primary N) is 1. The number of thioether (sulfide) groups is 2. The van der Waals surface area contributed by atoms with Gasteiger partial charge in [-0.25, -0.2) is 4.39 Å². The molecule has 0 saturated heterocycles. The lowest BCUT2D eigenvalue weighted by molar-refractivity contribution is -0.113. The van der Waals surface area contributed by atoms with E-state index in [0.717, 1.165) is 10.6 Å². The number of carbonyl (C=O) groups is 1. The number of halogens is 1. The minimum absolute atomic E-state index is 0.120. The molecule has 0 aliphatic heterocycles. The molecule has 0 unspecified atom stereocenters. The Morgan fingerprint density at radius 2 is 2.00 bits per heavy atom. The van der Waals surface area contributed by atoms with Gasteiger partial charge in [-0.3, -0.25) is 4.79 Å². The summed E-state index contributed by atoms with van der Waals surface area (Å²) in [5.41, 5.74) is 6.85. The number of anilines is 2. The lowest BCUT2D eigenvalue weighted by Crippen LogP contribution is -2.14. The van der Waals surface area contributed by atoms with E-state index in [-0.39, 0.29) is 17.5 Å². The van der Waals surface area contributed by atoms with Crippen molar-refractivity contribution in [1.29, 1.82) is 0 Å². The first kappa shape index (κ1) is 15.7. The molecule has 0 fully saturated rings. The molecule has 0 atom stereocenters. The summed E-state index contributed by atoms with van der Waals surface area (Å²) in [6.07, 6.45) is 1.96. The zero-order valence-electron chi connectivity index (χ0n) is 11.4. The monoisotopic (exact) mass is 322 g/mol. The van der Waals surface area contributed by atoms with Gasteiger partial charge in [0, 0.05) is 15.5 Å². The van der Waals surface area contributed by atoms with Crippen LogP contribution in [0.3, 0.4) is 0 Å². The van der Waals surface area contributed by atoms with Gasteiger partial charge >= 0.3 is 0 Å². The van der Waals surface area contributed by atoms with E-state index < -0.39 is 0 Å². The Balaban J connectivity index is 1.96. The number of hydrogen-bond donors (Lipinski definition) is 2. The van der Waals surface area contributed by atoms with E-state index in [1.54, 1.807) is 17.8 Å². The summed E-state index contributed by atoms with van der Waals surface area (Å²) in [7, 11) is 0. The van der Waals surface area contributed by atoms with Gasteiger partial charge in [-0.05, 0) is 36.6 Å². The summed E-state index contributed by atoms with van der Waals surface area (Å²) < 4.78 is 12.9. The lowest BCUT2D eigenvalue weighted by Gasteiger charge is -2.09. The highest BCUT2D eigenvalue weighted by Crippen LogP contribution is 2.27. The molecule has 2 rings (SSSR count). The van der Waals surface area contributed by atoms with Gasteiger partial charge in [-0.15, -0.1) is 23.5 Å². The van der Waals surface area contributed by atoms with Gasteiger partial charge in [-0.2, -0.15) is 0 Å². The molecule has 3 nitrogen and oxygen atoms in total. The number of hydrogen-bond acceptors (Lipinski definition) is 4. The van der Waals surface area contributed by atoms with E-state index in [2.05, 4.69) is 5.32 Å². The molecule has 6 heteroatoms. The minimum atomic E-state index is -0.379. The van der Waals surface area contributed by atoms with Crippen LogP contribution in [0.4, 0.5) is 15.8 Å². The molecule has 0 aliphatic rings. The van der Waals surface area contributed by atoms with Crippen molar-refractivity contribution < 1.29 is 9.18 Å². The summed E-state index contributed by atoms with van der Waals surface area (Å²) in [6.45, 7) is 0. The van der Waals surface area contributed by atoms with Crippen molar-refractivity contribution in [3.63, 3.8) is 0 Å². The fourth-order valence-electron chi connectivity index (χ4n) is 1.73. The molecule has 0 saturated carbocycles. The predicted octanol–water partition coefficient (Wildman–Crippen LogP) is 3.86. The van der Waals surface area contributed by atoms with Gasteiger partial charge in [0.1, 0.15) is 5.82 Å². The van der Waals surface area contributed by atoms with Gasteiger partial charge in [0.05, 0.1) is 11.4 Å². The van der Waals surface area contributed by atoms with Crippen molar-refractivity contribution in [2.24, 2.45) is 0 Å². The molecular formula is C15H15FN2OS2. The number of amides is 1. The summed E-state index contributed by atoms with van der Waals surface area (Å²) in [4.78, 5) is 13.7. The number of benzene rings is 2. The van der Waals surface area contributed by atoms with Crippen LogP contribution in [0.5, 0.6) is 0 Å². The number of carbonyl (C=O) groups excluding carboxylic acids is 1. The van der Waals surface area contributed by atoms with E-state index in [4.69, 9.17) is 5.73 Å². The second-order valence-corrected chi connectivity index (χ2v) is 6.08. The molecule has 0 radical (unpaired) electrons. The highest BCUT2D eigenvalue weighted by molar-refractivity contribution is 8.00. The maximum atomic E-state index is 12.9. The molecule has 3 N–H and O–H groups in total. The third-order valence-corrected chi connectivity index (χ3v) is 4.60. The van der Waals surface area contributed by atoms with Gasteiger partial charge < -0.3 is 11.1 Å². The molecule has 0 aliphatic carbocycles. The standard InChI is InChI=1S/C15H15FN2OS2/c1-20-14-5-3-2-4-12(14)18-15(19)9-21-13-7-6-10(16)8-11(13)17/h2-8H,9,17H2,1H3,(H,18,19). The first-order valence-corrected chi connectivity index (χ1v) is 8.42. The van der Waals surface area contributed by atoms with Crippen LogP contribution in [-0.4, -0.2) is 17.9 Å². The Morgan fingerprint density at radius 3 is 2.71 bits per heavy atom. The van der Waals surface area contributed by atoms with Crippen LogP contribution in [-0.2, 0) is 4.79 Å². The highest BCUT2D eigenvalue weighted by atomic mass is 32.2. The molecule has 1 amide bonds. The quantitative estimate of drug-likeness (QED) is 0.648. The molecule has 0 heterocycles. The predicted molar refractivity (Wildman–Crippen MR) is 88.4 cm³/mol. The average Bonchev–Trinajstić information content (AvgIpc) is 2.47. The molecule has 110 valence electrons. The Bertz CT molecular complexity index is 649. The SMILES string of the molecule is CSc1ccccc1NC(=O)CSc1ccc(F)cc1N. The maximum Gasteiger partial charge on any atom is 0.234 e. The van der Waals surface area contributed by atoms with Gasteiger partial charge in [0.25, 0.3) is 0 Å². The van der Waals surface area contributed by atoms with Crippen LogP contribution in [0, 0.1) is 5.82 Å². The third kappa shape index (κ3) is 4.41. The molecule has 2 aromatic carbocycles. The molecule has 0 bridgehead atoms. The highest BCUT2D eigenvalue weighted by Gasteiger charge is 2.08. The lowest BCUT2D eigenvalue weighted by atomic mass is 10.3. The summed E-state index contributed by atoms with van der Waals surface area (Å²) in [6, 6.07) is 11.8. The topological polar surface area (TPSA) is 55.1 Å². The molecule has 0 spiro atoms. The van der Waals surface area contributed by atoms with E-state index in [9.17, 15) is 9.18 Å². The first-order valence-electron chi connectivity index (χ1n) is 6.21. The number of para-hydroxylation sites is 1. The fourth-order valence-corrected chi connectivity index (χ4v) is 3.03.